The molecule has 2 N–H and O–H groups in total. The summed E-state index contributed by atoms with van der Waals surface area (Å²) < 4.78 is 0. The Bertz CT molecular complexity index is 764. The van der Waals surface area contributed by atoms with E-state index in [-0.39, 0.29) is 36.8 Å². The van der Waals surface area contributed by atoms with E-state index >= 15 is 0 Å². The van der Waals surface area contributed by atoms with Crippen LogP contribution in [0.3, 0.4) is 0 Å². The second-order valence-electron chi connectivity index (χ2n) is 7.14. The highest BCUT2D eigenvalue weighted by Crippen LogP contribution is 2.29. The molecule has 4 rings (SSSR count). The van der Waals surface area contributed by atoms with Gasteiger partial charge in [0.1, 0.15) is 5.01 Å². The number of rotatable bonds is 4. The predicted molar refractivity (Wildman–Crippen MR) is 119 cm³/mol. The summed E-state index contributed by atoms with van der Waals surface area (Å²) in [5.74, 6) is 0.0626. The van der Waals surface area contributed by atoms with Crippen molar-refractivity contribution in [2.45, 2.75) is 44.7 Å². The number of amides is 1. The zero-order valence-corrected chi connectivity index (χ0v) is 18.3. The molecule has 0 radical (unpaired) electrons. The van der Waals surface area contributed by atoms with Crippen molar-refractivity contribution in [1.82, 2.24) is 20.4 Å². The maximum absolute atomic E-state index is 12.8. The first kappa shape index (κ1) is 23.0. The van der Waals surface area contributed by atoms with Crippen LogP contribution in [0.25, 0.3) is 10.6 Å². The molecule has 0 saturated carbocycles. The lowest BCUT2D eigenvalue weighted by molar-refractivity contribution is -0.121. The van der Waals surface area contributed by atoms with Crippen LogP contribution in [0, 0.1) is 6.92 Å². The third kappa shape index (κ3) is 5.21. The molecule has 1 amide bonds. The van der Waals surface area contributed by atoms with Gasteiger partial charge in [0.2, 0.25) is 11.0 Å². The number of carbonyl (C=O) groups is 1. The Morgan fingerprint density at radius 2 is 1.86 bits per heavy atom. The van der Waals surface area contributed by atoms with Crippen LogP contribution in [0.2, 0.25) is 0 Å². The van der Waals surface area contributed by atoms with Crippen LogP contribution in [0.1, 0.15) is 31.2 Å². The minimum atomic E-state index is -0.0372. The minimum absolute atomic E-state index is 0. The molecule has 1 aromatic carbocycles. The smallest absolute Gasteiger partial charge is 0.243 e. The molecule has 2 aliphatic heterocycles. The number of hydrogen-bond acceptors (Lipinski definition) is 6. The van der Waals surface area contributed by atoms with Gasteiger partial charge >= 0.3 is 0 Å². The summed E-state index contributed by atoms with van der Waals surface area (Å²) in [4.78, 5) is 15.2. The van der Waals surface area contributed by atoms with Crippen molar-refractivity contribution in [3.8, 4) is 10.6 Å². The summed E-state index contributed by atoms with van der Waals surface area (Å²) in [6, 6.07) is 8.68. The van der Waals surface area contributed by atoms with E-state index in [4.69, 9.17) is 0 Å². The van der Waals surface area contributed by atoms with Gasteiger partial charge in [0.05, 0.1) is 6.04 Å². The van der Waals surface area contributed by atoms with Gasteiger partial charge in [-0.15, -0.1) is 35.0 Å². The standard InChI is InChI=1S/C19H25N5OS.2ClH/c1-13-4-6-14(7-5-13)18-22-23-19(26-18)21-17(25)16-3-2-12-24(16)15-8-10-20-11-9-15;;/h4-7,15-16,20H,2-3,8-12H2,1H3,(H,21,23,25);2*1H/t16-;;/m0../s1. The Kier molecular flexibility index (Phi) is 8.64. The molecule has 2 aliphatic rings. The molecule has 1 aromatic heterocycles. The van der Waals surface area contributed by atoms with Gasteiger partial charge < -0.3 is 5.32 Å². The predicted octanol–water partition coefficient (Wildman–Crippen LogP) is 3.51. The van der Waals surface area contributed by atoms with Crippen LogP contribution in [0.5, 0.6) is 0 Å². The third-order valence-electron chi connectivity index (χ3n) is 5.33. The largest absolute Gasteiger partial charge is 0.317 e. The van der Waals surface area contributed by atoms with Crippen LogP contribution < -0.4 is 10.6 Å². The average Bonchev–Trinajstić information content (AvgIpc) is 3.32. The molecular weight excluding hydrogens is 417 g/mol. The number of nitrogens with zero attached hydrogens (tertiary/aromatic N) is 3. The first-order valence-corrected chi connectivity index (χ1v) is 10.2. The molecule has 3 heterocycles. The van der Waals surface area contributed by atoms with Crippen molar-refractivity contribution in [3.63, 3.8) is 0 Å². The number of hydrogen-bond donors (Lipinski definition) is 2. The van der Waals surface area contributed by atoms with E-state index in [1.807, 2.05) is 12.1 Å². The Balaban J connectivity index is 0.00000140. The summed E-state index contributed by atoms with van der Waals surface area (Å²) in [6.45, 7) is 5.18. The van der Waals surface area contributed by atoms with Crippen molar-refractivity contribution in [3.05, 3.63) is 29.8 Å². The van der Waals surface area contributed by atoms with Gasteiger partial charge in [-0.05, 0) is 52.2 Å². The van der Waals surface area contributed by atoms with E-state index in [0.717, 1.165) is 55.9 Å². The molecular formula is C19H27Cl2N5OS. The van der Waals surface area contributed by atoms with Crippen LogP contribution in [0.15, 0.2) is 24.3 Å². The van der Waals surface area contributed by atoms with Crippen molar-refractivity contribution in [2.24, 2.45) is 0 Å². The molecule has 1 atom stereocenters. The SMILES string of the molecule is Cc1ccc(-c2nnc(NC(=O)[C@@H]3CCCN3C3CCNCC3)s2)cc1.Cl.Cl. The number of piperidine rings is 1. The minimum Gasteiger partial charge on any atom is -0.317 e. The van der Waals surface area contributed by atoms with Crippen LogP contribution in [0.4, 0.5) is 5.13 Å². The topological polar surface area (TPSA) is 70.2 Å². The number of benzene rings is 1. The van der Waals surface area contributed by atoms with Gasteiger partial charge in [-0.25, -0.2) is 0 Å². The fourth-order valence-corrected chi connectivity index (χ4v) is 4.67. The maximum atomic E-state index is 12.8. The van der Waals surface area contributed by atoms with Gasteiger partial charge in [0.15, 0.2) is 0 Å². The second-order valence-corrected chi connectivity index (χ2v) is 8.12. The van der Waals surface area contributed by atoms with Gasteiger partial charge in [-0.1, -0.05) is 41.2 Å². The molecule has 2 aromatic rings. The van der Waals surface area contributed by atoms with E-state index in [2.05, 4.69) is 44.8 Å². The second kappa shape index (κ2) is 10.5. The van der Waals surface area contributed by atoms with Crippen molar-refractivity contribution in [2.75, 3.05) is 25.0 Å². The first-order valence-electron chi connectivity index (χ1n) is 9.38. The number of aromatic nitrogens is 2. The molecule has 2 saturated heterocycles. The van der Waals surface area contributed by atoms with Gasteiger partial charge in [-0.2, -0.15) is 0 Å². The lowest BCUT2D eigenvalue weighted by Gasteiger charge is -2.34. The van der Waals surface area contributed by atoms with Crippen LogP contribution in [-0.4, -0.2) is 52.7 Å². The highest BCUT2D eigenvalue weighted by Gasteiger charge is 2.36. The normalized spacial score (nSPS) is 20.2. The fourth-order valence-electron chi connectivity index (χ4n) is 3.92. The quantitative estimate of drug-likeness (QED) is 0.756. The summed E-state index contributed by atoms with van der Waals surface area (Å²) in [7, 11) is 0. The summed E-state index contributed by atoms with van der Waals surface area (Å²) >= 11 is 1.43. The summed E-state index contributed by atoms with van der Waals surface area (Å²) in [5, 5.41) is 16.2. The Morgan fingerprint density at radius 1 is 1.14 bits per heavy atom. The van der Waals surface area contributed by atoms with E-state index in [1.165, 1.54) is 16.9 Å². The fraction of sp³-hybridized carbons (Fsp3) is 0.526. The highest BCUT2D eigenvalue weighted by atomic mass is 35.5. The van der Waals surface area contributed by atoms with E-state index in [1.54, 1.807) is 0 Å². The van der Waals surface area contributed by atoms with Gasteiger partial charge in [-0.3, -0.25) is 15.0 Å². The van der Waals surface area contributed by atoms with Crippen LogP contribution >= 0.6 is 36.2 Å². The molecule has 9 heteroatoms. The number of anilines is 1. The zero-order valence-electron chi connectivity index (χ0n) is 15.9. The number of aryl methyl sites for hydroxylation is 1. The molecule has 0 spiro atoms. The molecule has 2 fully saturated rings. The highest BCUT2D eigenvalue weighted by molar-refractivity contribution is 7.18. The summed E-state index contributed by atoms with van der Waals surface area (Å²) in [5.41, 5.74) is 2.25. The Hall–Kier alpha value is -1.25. The van der Waals surface area contributed by atoms with E-state index in [0.29, 0.717) is 11.2 Å². The number of carbonyl (C=O) groups excluding carboxylic acids is 1. The molecule has 28 heavy (non-hydrogen) atoms. The first-order chi connectivity index (χ1) is 12.7. The van der Waals surface area contributed by atoms with Crippen molar-refractivity contribution >= 4 is 47.2 Å². The summed E-state index contributed by atoms with van der Waals surface area (Å²) in [6.07, 6.45) is 4.27. The monoisotopic (exact) mass is 443 g/mol. The lowest BCUT2D eigenvalue weighted by atomic mass is 10.0. The molecule has 0 aliphatic carbocycles. The maximum Gasteiger partial charge on any atom is 0.243 e. The van der Waals surface area contributed by atoms with Gasteiger partial charge in [0, 0.05) is 11.6 Å². The molecule has 0 bridgehead atoms. The number of nitrogens with one attached hydrogen (secondary N) is 2. The van der Waals surface area contributed by atoms with E-state index in [9.17, 15) is 4.79 Å². The number of likely N-dealkylation sites (tertiary alicyclic amines) is 1. The Morgan fingerprint density at radius 3 is 2.57 bits per heavy atom. The third-order valence-corrected chi connectivity index (χ3v) is 6.22. The number of halogens is 2. The zero-order chi connectivity index (χ0) is 17.9. The Labute approximate surface area is 182 Å². The van der Waals surface area contributed by atoms with Crippen LogP contribution in [-0.2, 0) is 4.79 Å². The van der Waals surface area contributed by atoms with Crippen molar-refractivity contribution < 1.29 is 4.79 Å². The average molecular weight is 444 g/mol. The molecule has 6 nitrogen and oxygen atoms in total. The molecule has 154 valence electrons. The van der Waals surface area contributed by atoms with Gasteiger partial charge in [0.25, 0.3) is 0 Å². The van der Waals surface area contributed by atoms with Crippen molar-refractivity contribution in [1.29, 1.82) is 0 Å². The molecule has 0 unspecified atom stereocenters. The lowest BCUT2D eigenvalue weighted by Crippen LogP contribution is -2.49. The van der Waals surface area contributed by atoms with E-state index < -0.39 is 0 Å².